The molecule has 2 saturated heterocycles. The zero-order valence-corrected chi connectivity index (χ0v) is 26.3. The Morgan fingerprint density at radius 3 is 1.20 bits per heavy atom. The number of ether oxygens (including phenoxy) is 7. The first-order valence-electron chi connectivity index (χ1n) is 16.4. The van der Waals surface area contributed by atoms with Gasteiger partial charge in [0.2, 0.25) is 0 Å². The lowest BCUT2D eigenvalue weighted by Crippen LogP contribution is -2.15. The molecule has 0 N–H and O–H groups in total. The predicted octanol–water partition coefficient (Wildman–Crippen LogP) is 7.37. The van der Waals surface area contributed by atoms with Crippen molar-refractivity contribution in [2.45, 2.75) is 43.8 Å². The molecule has 3 fully saturated rings. The highest BCUT2D eigenvalue weighted by atomic mass is 16.7. The Balaban J connectivity index is 1.23. The van der Waals surface area contributed by atoms with Gasteiger partial charge in [-0.1, -0.05) is 48.5 Å². The van der Waals surface area contributed by atoms with Crippen molar-refractivity contribution in [2.24, 2.45) is 5.92 Å². The van der Waals surface area contributed by atoms with Crippen molar-refractivity contribution < 1.29 is 33.2 Å². The van der Waals surface area contributed by atoms with E-state index in [-0.39, 0.29) is 30.8 Å². The van der Waals surface area contributed by atoms with Gasteiger partial charge in [-0.05, 0) is 96.5 Å². The van der Waals surface area contributed by atoms with Gasteiger partial charge in [-0.15, -0.1) is 0 Å². The number of rotatable bonds is 18. The summed E-state index contributed by atoms with van der Waals surface area (Å²) in [5, 5.41) is 0. The normalized spacial score (nSPS) is 19.6. The molecule has 1 aliphatic carbocycles. The average molecular weight is 623 g/mol. The third kappa shape index (κ3) is 8.40. The summed E-state index contributed by atoms with van der Waals surface area (Å²) in [4.78, 5) is 0. The molecule has 0 aromatic heterocycles. The van der Waals surface area contributed by atoms with Gasteiger partial charge in [-0.2, -0.15) is 0 Å². The predicted molar refractivity (Wildman–Crippen MR) is 175 cm³/mol. The van der Waals surface area contributed by atoms with Crippen molar-refractivity contribution in [2.75, 3.05) is 46.4 Å². The minimum atomic E-state index is -0.00776. The minimum Gasteiger partial charge on any atom is -0.493 e. The van der Waals surface area contributed by atoms with Gasteiger partial charge in [0.25, 0.3) is 0 Å². The third-order valence-electron chi connectivity index (χ3n) is 8.66. The minimum absolute atomic E-state index is 0.000114. The Morgan fingerprint density at radius 2 is 0.870 bits per heavy atom. The van der Waals surface area contributed by atoms with Crippen LogP contribution in [0.25, 0.3) is 0 Å². The maximum absolute atomic E-state index is 6.10. The fraction of sp³-hybridized carbons (Fsp3) is 0.385. The van der Waals surface area contributed by atoms with E-state index in [1.54, 1.807) is 0 Å². The van der Waals surface area contributed by atoms with E-state index in [0.717, 1.165) is 42.8 Å². The molecular formula is C39H42O7. The second-order valence-corrected chi connectivity index (χ2v) is 12.3. The van der Waals surface area contributed by atoms with Crippen LogP contribution in [0.1, 0.15) is 53.9 Å². The monoisotopic (exact) mass is 622 g/mol. The van der Waals surface area contributed by atoms with Crippen LogP contribution < -0.4 is 18.9 Å². The molecule has 4 unspecified atom stereocenters. The molecule has 2 aliphatic heterocycles. The quantitative estimate of drug-likeness (QED) is 0.0652. The molecule has 7 heteroatoms. The second-order valence-electron chi connectivity index (χ2n) is 12.3. The van der Waals surface area contributed by atoms with Crippen molar-refractivity contribution in [3.05, 3.63) is 119 Å². The summed E-state index contributed by atoms with van der Waals surface area (Å²) in [5.74, 6) is 4.06. The topological polar surface area (TPSA) is 71.2 Å². The van der Waals surface area contributed by atoms with E-state index < -0.39 is 0 Å². The van der Waals surface area contributed by atoms with E-state index in [2.05, 4.69) is 84.9 Å². The van der Waals surface area contributed by atoms with Gasteiger partial charge in [0.1, 0.15) is 48.4 Å². The van der Waals surface area contributed by atoms with Gasteiger partial charge in [0.15, 0.2) is 6.79 Å². The van der Waals surface area contributed by atoms with Crippen molar-refractivity contribution in [3.8, 4) is 23.0 Å². The fourth-order valence-corrected chi connectivity index (χ4v) is 5.64. The first-order chi connectivity index (χ1) is 22.7. The van der Waals surface area contributed by atoms with Gasteiger partial charge >= 0.3 is 0 Å². The summed E-state index contributed by atoms with van der Waals surface area (Å²) in [6.45, 7) is 6.28. The Labute approximate surface area is 271 Å². The maximum atomic E-state index is 6.10. The molecule has 0 spiro atoms. The number of epoxide rings is 2. The highest BCUT2D eigenvalue weighted by Crippen LogP contribution is 2.44. The van der Waals surface area contributed by atoms with E-state index in [1.807, 2.05) is 19.1 Å². The van der Waals surface area contributed by atoms with Crippen LogP contribution in [-0.4, -0.2) is 58.6 Å². The van der Waals surface area contributed by atoms with Crippen LogP contribution in [-0.2, 0) is 14.2 Å². The van der Waals surface area contributed by atoms with E-state index in [4.69, 9.17) is 33.2 Å². The lowest BCUT2D eigenvalue weighted by atomic mass is 9.73. The molecule has 0 bridgehead atoms. The zero-order chi connectivity index (χ0) is 31.1. The molecule has 0 amide bonds. The van der Waals surface area contributed by atoms with E-state index in [9.17, 15) is 0 Å². The number of hydrogen-bond acceptors (Lipinski definition) is 7. The van der Waals surface area contributed by atoms with Crippen molar-refractivity contribution in [3.63, 3.8) is 0 Å². The molecule has 0 radical (unpaired) electrons. The summed E-state index contributed by atoms with van der Waals surface area (Å²) < 4.78 is 40.0. The van der Waals surface area contributed by atoms with Crippen LogP contribution in [0, 0.1) is 5.92 Å². The molecular weight excluding hydrogens is 580 g/mol. The maximum Gasteiger partial charge on any atom is 0.189 e. The van der Waals surface area contributed by atoms with Crippen LogP contribution in [0.2, 0.25) is 0 Å². The summed E-state index contributed by atoms with van der Waals surface area (Å²) in [5.41, 5.74) is 4.75. The Morgan fingerprint density at radius 1 is 0.522 bits per heavy atom. The number of hydrogen-bond donors (Lipinski definition) is 0. The van der Waals surface area contributed by atoms with Crippen molar-refractivity contribution >= 4 is 0 Å². The lowest BCUT2D eigenvalue weighted by molar-refractivity contribution is 0.0224. The van der Waals surface area contributed by atoms with Crippen LogP contribution >= 0.6 is 0 Å². The van der Waals surface area contributed by atoms with E-state index >= 15 is 0 Å². The summed E-state index contributed by atoms with van der Waals surface area (Å²) in [7, 11) is 0. The molecule has 1 saturated carbocycles. The van der Waals surface area contributed by atoms with Gasteiger partial charge in [-0.25, -0.2) is 0 Å². The zero-order valence-electron chi connectivity index (χ0n) is 26.3. The second kappa shape index (κ2) is 14.6. The van der Waals surface area contributed by atoms with Crippen LogP contribution in [0.5, 0.6) is 23.0 Å². The van der Waals surface area contributed by atoms with Crippen LogP contribution in [0.15, 0.2) is 97.1 Å². The first kappa shape index (κ1) is 30.6. The van der Waals surface area contributed by atoms with Crippen LogP contribution in [0.3, 0.4) is 0 Å². The first-order valence-corrected chi connectivity index (χ1v) is 16.4. The molecule has 4 aromatic rings. The third-order valence-corrected chi connectivity index (χ3v) is 8.66. The van der Waals surface area contributed by atoms with Gasteiger partial charge < -0.3 is 33.2 Å². The standard InChI is InChI=1S/C39H42O7/c1-2-40-26-46-35-19-11-31(12-20-35)39(30-9-17-34(18-10-30)43-23-37-25-45-37)38(28-5-13-32(14-6-28)41-21-27-3-4-27)29-7-15-33(16-8-29)42-22-36-24-44-36/h5-20,27,36-39H,2-4,21-26H2,1H3. The van der Waals surface area contributed by atoms with Gasteiger partial charge in [0.05, 0.1) is 19.8 Å². The average Bonchev–Trinajstić information content (AvgIpc) is 3.95. The fourth-order valence-electron chi connectivity index (χ4n) is 5.64. The summed E-state index contributed by atoms with van der Waals surface area (Å²) in [6.07, 6.45) is 2.95. The highest BCUT2D eigenvalue weighted by molar-refractivity contribution is 5.48. The number of benzene rings is 4. The summed E-state index contributed by atoms with van der Waals surface area (Å²) >= 11 is 0. The Bertz CT molecular complexity index is 1450. The van der Waals surface area contributed by atoms with E-state index in [0.29, 0.717) is 25.7 Å². The molecule has 2 heterocycles. The SMILES string of the molecule is CCOCOc1ccc(C(c2ccc(OCC3CO3)cc2)C(c2ccc(OCC3CC3)cc2)c2ccc(OCC3CO3)cc2)cc1. The molecule has 4 aromatic carbocycles. The molecule has 7 nitrogen and oxygen atoms in total. The van der Waals surface area contributed by atoms with E-state index in [1.165, 1.54) is 35.1 Å². The molecule has 4 atom stereocenters. The van der Waals surface area contributed by atoms with Crippen molar-refractivity contribution in [1.82, 2.24) is 0 Å². The van der Waals surface area contributed by atoms with Gasteiger partial charge in [-0.3, -0.25) is 0 Å². The highest BCUT2D eigenvalue weighted by Gasteiger charge is 2.30. The molecule has 240 valence electrons. The van der Waals surface area contributed by atoms with Crippen LogP contribution in [0.4, 0.5) is 0 Å². The molecule has 46 heavy (non-hydrogen) atoms. The molecule has 7 rings (SSSR count). The van der Waals surface area contributed by atoms with Crippen molar-refractivity contribution in [1.29, 1.82) is 0 Å². The summed E-state index contributed by atoms with van der Waals surface area (Å²) in [6, 6.07) is 34.0. The largest absolute Gasteiger partial charge is 0.493 e. The smallest absolute Gasteiger partial charge is 0.189 e. The Hall–Kier alpha value is -4.04. The van der Waals surface area contributed by atoms with Gasteiger partial charge in [0, 0.05) is 18.4 Å². The lowest BCUT2D eigenvalue weighted by Gasteiger charge is -2.30. The molecule has 3 aliphatic rings. The Kier molecular flexibility index (Phi) is 9.71.